The minimum absolute atomic E-state index is 0.210. The second-order valence-corrected chi connectivity index (χ2v) is 7.79. The maximum Gasteiger partial charge on any atom is 0.330 e. The predicted molar refractivity (Wildman–Crippen MR) is 111 cm³/mol. The Kier molecular flexibility index (Phi) is 6.54. The molecule has 6 nitrogen and oxygen atoms in total. The van der Waals surface area contributed by atoms with Gasteiger partial charge in [-0.05, 0) is 56.0 Å². The summed E-state index contributed by atoms with van der Waals surface area (Å²) in [6.07, 6.45) is 1.11. The second-order valence-electron chi connectivity index (χ2n) is 7.79. The monoisotopic (exact) mass is 396 g/mol. The summed E-state index contributed by atoms with van der Waals surface area (Å²) in [5, 5.41) is 12.7. The van der Waals surface area contributed by atoms with Gasteiger partial charge in [0.15, 0.2) is 12.1 Å². The van der Waals surface area contributed by atoms with Crippen molar-refractivity contribution < 1.29 is 19.4 Å². The number of rotatable bonds is 7. The summed E-state index contributed by atoms with van der Waals surface area (Å²) in [4.78, 5) is 26.7. The van der Waals surface area contributed by atoms with E-state index < -0.39 is 17.4 Å². The van der Waals surface area contributed by atoms with Gasteiger partial charge in [-0.2, -0.15) is 0 Å². The molecule has 0 bridgehead atoms. The van der Waals surface area contributed by atoms with Gasteiger partial charge in [-0.1, -0.05) is 42.5 Å². The first-order chi connectivity index (χ1) is 13.9. The van der Waals surface area contributed by atoms with Gasteiger partial charge < -0.3 is 15.2 Å². The average molecular weight is 396 g/mol. The quantitative estimate of drug-likeness (QED) is 0.752. The van der Waals surface area contributed by atoms with Crippen molar-refractivity contribution in [3.05, 3.63) is 65.2 Å². The highest BCUT2D eigenvalue weighted by Gasteiger charge is 2.43. The number of carboxylic acid groups (broad SMARTS) is 1. The fraction of sp³-hybridized carbons (Fsp3) is 0.391. The number of carboxylic acids is 1. The first kappa shape index (κ1) is 20.9. The summed E-state index contributed by atoms with van der Waals surface area (Å²) in [6.45, 7) is 5.39. The van der Waals surface area contributed by atoms with E-state index in [-0.39, 0.29) is 13.2 Å². The van der Waals surface area contributed by atoms with Crippen LogP contribution in [-0.2, 0) is 16.1 Å². The van der Waals surface area contributed by atoms with Crippen LogP contribution in [0, 0.1) is 13.8 Å². The van der Waals surface area contributed by atoms with Crippen molar-refractivity contribution >= 4 is 11.9 Å². The number of nitrogens with one attached hydrogen (secondary N) is 1. The van der Waals surface area contributed by atoms with E-state index in [1.54, 1.807) is 0 Å². The lowest BCUT2D eigenvalue weighted by atomic mass is 9.88. The third-order valence-electron chi connectivity index (χ3n) is 5.31. The Hall–Kier alpha value is -2.86. The molecular formula is C23H28N2O4. The van der Waals surface area contributed by atoms with E-state index in [0.29, 0.717) is 25.1 Å². The van der Waals surface area contributed by atoms with E-state index in [2.05, 4.69) is 10.2 Å². The number of amides is 1. The van der Waals surface area contributed by atoms with Crippen molar-refractivity contribution in [1.29, 1.82) is 0 Å². The maximum atomic E-state index is 12.5. The average Bonchev–Trinajstić information content (AvgIpc) is 2.69. The van der Waals surface area contributed by atoms with Crippen LogP contribution in [0.4, 0.5) is 0 Å². The summed E-state index contributed by atoms with van der Waals surface area (Å²) in [5.74, 6) is -0.788. The topological polar surface area (TPSA) is 78.9 Å². The number of hydrogen-bond acceptors (Lipinski definition) is 4. The second kappa shape index (κ2) is 9.09. The Bertz CT molecular complexity index is 868. The molecule has 0 spiro atoms. The number of carbonyl (C=O) groups excluding carboxylic acids is 1. The van der Waals surface area contributed by atoms with Crippen molar-refractivity contribution in [1.82, 2.24) is 10.2 Å². The third-order valence-corrected chi connectivity index (χ3v) is 5.31. The van der Waals surface area contributed by atoms with Crippen LogP contribution in [0.3, 0.4) is 0 Å². The molecule has 6 heteroatoms. The Morgan fingerprint density at radius 3 is 2.66 bits per heavy atom. The number of likely N-dealkylation sites (tertiary alicyclic amines) is 1. The van der Waals surface area contributed by atoms with Crippen LogP contribution < -0.4 is 10.1 Å². The van der Waals surface area contributed by atoms with Gasteiger partial charge in [0.2, 0.25) is 0 Å². The Morgan fingerprint density at radius 1 is 1.17 bits per heavy atom. The predicted octanol–water partition coefficient (Wildman–Crippen LogP) is 2.92. The summed E-state index contributed by atoms with van der Waals surface area (Å²) in [6, 6.07) is 15.7. The zero-order chi connectivity index (χ0) is 20.9. The van der Waals surface area contributed by atoms with Gasteiger partial charge in [0, 0.05) is 13.1 Å². The fourth-order valence-electron chi connectivity index (χ4n) is 3.76. The van der Waals surface area contributed by atoms with Gasteiger partial charge in [0.05, 0.1) is 0 Å². The maximum absolute atomic E-state index is 12.5. The number of aliphatic carboxylic acids is 1. The summed E-state index contributed by atoms with van der Waals surface area (Å²) in [5.41, 5.74) is 1.80. The molecule has 0 unspecified atom stereocenters. The highest BCUT2D eigenvalue weighted by Crippen LogP contribution is 2.24. The number of nitrogens with zero attached hydrogens (tertiary/aromatic N) is 1. The van der Waals surface area contributed by atoms with E-state index >= 15 is 0 Å². The minimum atomic E-state index is -1.30. The smallest absolute Gasteiger partial charge is 0.330 e. The summed E-state index contributed by atoms with van der Waals surface area (Å²) >= 11 is 0. The lowest BCUT2D eigenvalue weighted by molar-refractivity contribution is -0.151. The molecule has 1 amide bonds. The number of benzene rings is 2. The van der Waals surface area contributed by atoms with Crippen LogP contribution >= 0.6 is 0 Å². The van der Waals surface area contributed by atoms with Gasteiger partial charge in [0.1, 0.15) is 5.75 Å². The van der Waals surface area contributed by atoms with E-state index in [1.165, 1.54) is 0 Å². The van der Waals surface area contributed by atoms with Gasteiger partial charge >= 0.3 is 5.97 Å². The SMILES string of the molecule is Cc1ccc(C)c(OCC(=O)N[C@]2(C(=O)O)CCCN(Cc3ccccc3)C2)c1. The van der Waals surface area contributed by atoms with Crippen molar-refractivity contribution in [2.45, 2.75) is 38.8 Å². The molecule has 154 valence electrons. The molecule has 2 N–H and O–H groups in total. The van der Waals surface area contributed by atoms with Crippen molar-refractivity contribution in [2.24, 2.45) is 0 Å². The molecule has 1 heterocycles. The summed E-state index contributed by atoms with van der Waals surface area (Å²) < 4.78 is 5.65. The van der Waals surface area contributed by atoms with E-state index in [9.17, 15) is 14.7 Å². The number of carbonyl (C=O) groups is 2. The molecule has 0 saturated carbocycles. The Balaban J connectivity index is 1.64. The van der Waals surface area contributed by atoms with Gasteiger partial charge in [0.25, 0.3) is 5.91 Å². The number of aryl methyl sites for hydroxylation is 2. The van der Waals surface area contributed by atoms with Gasteiger partial charge in [-0.3, -0.25) is 9.69 Å². The molecule has 1 aliphatic heterocycles. The molecule has 0 aromatic heterocycles. The first-order valence-corrected chi connectivity index (χ1v) is 9.89. The van der Waals surface area contributed by atoms with Crippen molar-refractivity contribution in [3.8, 4) is 5.75 Å². The van der Waals surface area contributed by atoms with Crippen LogP contribution in [0.5, 0.6) is 5.75 Å². The van der Waals surface area contributed by atoms with Gasteiger partial charge in [-0.25, -0.2) is 4.79 Å². The molecule has 2 aromatic carbocycles. The van der Waals surface area contributed by atoms with Crippen LogP contribution in [0.1, 0.15) is 29.5 Å². The van der Waals surface area contributed by atoms with Crippen LogP contribution in [0.25, 0.3) is 0 Å². The minimum Gasteiger partial charge on any atom is -0.483 e. The lowest BCUT2D eigenvalue weighted by Gasteiger charge is -2.40. The van der Waals surface area contributed by atoms with E-state index in [0.717, 1.165) is 23.2 Å². The third kappa shape index (κ3) is 5.35. The Labute approximate surface area is 171 Å². The normalized spacial score (nSPS) is 19.5. The van der Waals surface area contributed by atoms with Crippen LogP contribution in [0.2, 0.25) is 0 Å². The van der Waals surface area contributed by atoms with E-state index in [4.69, 9.17) is 4.74 Å². The molecule has 29 heavy (non-hydrogen) atoms. The molecule has 1 fully saturated rings. The van der Waals surface area contributed by atoms with Crippen LogP contribution in [0.15, 0.2) is 48.5 Å². The molecule has 0 radical (unpaired) electrons. The zero-order valence-corrected chi connectivity index (χ0v) is 17.0. The number of ether oxygens (including phenoxy) is 1. The highest BCUT2D eigenvalue weighted by molar-refractivity contribution is 5.88. The zero-order valence-electron chi connectivity index (χ0n) is 17.0. The van der Waals surface area contributed by atoms with Crippen LogP contribution in [-0.4, -0.2) is 47.1 Å². The lowest BCUT2D eigenvalue weighted by Crippen LogP contribution is -2.63. The standard InChI is InChI=1S/C23H28N2O4/c1-17-9-10-18(2)20(13-17)29-15-21(26)24-23(22(27)28)11-6-12-25(16-23)14-19-7-4-3-5-8-19/h3-5,7-10,13H,6,11-12,14-16H2,1-2H3,(H,24,26)(H,27,28)/t23-/m1/s1. The number of hydrogen-bond donors (Lipinski definition) is 2. The van der Waals surface area contributed by atoms with Crippen molar-refractivity contribution in [3.63, 3.8) is 0 Å². The highest BCUT2D eigenvalue weighted by atomic mass is 16.5. The molecule has 1 aliphatic rings. The Morgan fingerprint density at radius 2 is 1.93 bits per heavy atom. The summed E-state index contributed by atoms with van der Waals surface area (Å²) in [7, 11) is 0. The first-order valence-electron chi connectivity index (χ1n) is 9.89. The number of piperidine rings is 1. The molecule has 1 atom stereocenters. The molecule has 3 rings (SSSR count). The van der Waals surface area contributed by atoms with E-state index in [1.807, 2.05) is 62.4 Å². The fourth-order valence-corrected chi connectivity index (χ4v) is 3.76. The molecule has 0 aliphatic carbocycles. The largest absolute Gasteiger partial charge is 0.483 e. The van der Waals surface area contributed by atoms with Gasteiger partial charge in [-0.15, -0.1) is 0 Å². The molecule has 1 saturated heterocycles. The molecule has 2 aromatic rings. The van der Waals surface area contributed by atoms with Crippen molar-refractivity contribution in [2.75, 3.05) is 19.7 Å². The molecular weight excluding hydrogens is 368 g/mol.